The van der Waals surface area contributed by atoms with E-state index in [9.17, 15) is 8.42 Å². The van der Waals surface area contributed by atoms with Crippen LogP contribution in [0.25, 0.3) is 0 Å². The van der Waals surface area contributed by atoms with Crippen LogP contribution in [0.2, 0.25) is 5.02 Å². The van der Waals surface area contributed by atoms with Crippen molar-refractivity contribution in [2.45, 2.75) is 17.9 Å². The van der Waals surface area contributed by atoms with Crippen LogP contribution < -0.4 is 5.73 Å². The predicted molar refractivity (Wildman–Crippen MR) is 79.9 cm³/mol. The summed E-state index contributed by atoms with van der Waals surface area (Å²) in [6.07, 6.45) is 0. The molecule has 0 amide bonds. The lowest BCUT2D eigenvalue weighted by Gasteiger charge is -2.23. The first-order valence-electron chi connectivity index (χ1n) is 4.94. The zero-order valence-electron chi connectivity index (χ0n) is 9.93. The Morgan fingerprint density at radius 1 is 1.50 bits per heavy atom. The minimum absolute atomic E-state index is 0. The van der Waals surface area contributed by atoms with Gasteiger partial charge in [0.2, 0.25) is 10.0 Å². The second-order valence-corrected chi connectivity index (χ2v) is 6.86. The molecule has 1 rings (SSSR count). The van der Waals surface area contributed by atoms with E-state index in [1.807, 2.05) is 0 Å². The van der Waals surface area contributed by atoms with Gasteiger partial charge in [0, 0.05) is 24.1 Å². The van der Waals surface area contributed by atoms with Crippen molar-refractivity contribution >= 4 is 50.0 Å². The molecule has 0 fully saturated rings. The van der Waals surface area contributed by atoms with Crippen LogP contribution in [0, 0.1) is 0 Å². The fourth-order valence-corrected chi connectivity index (χ4v) is 3.60. The number of nitrogens with zero attached hydrogens (tertiary/aromatic N) is 1. The van der Waals surface area contributed by atoms with E-state index in [1.54, 1.807) is 19.1 Å². The lowest BCUT2D eigenvalue weighted by molar-refractivity contribution is 0.394. The Morgan fingerprint density at radius 3 is 2.56 bits per heavy atom. The molecule has 1 atom stereocenters. The molecule has 0 aromatic heterocycles. The second-order valence-electron chi connectivity index (χ2n) is 3.66. The summed E-state index contributed by atoms with van der Waals surface area (Å²) < 4.78 is 26.3. The van der Waals surface area contributed by atoms with Crippen molar-refractivity contribution < 1.29 is 8.42 Å². The molecule has 104 valence electrons. The van der Waals surface area contributed by atoms with Crippen LogP contribution in [-0.2, 0) is 10.0 Å². The molecule has 1 unspecified atom stereocenters. The summed E-state index contributed by atoms with van der Waals surface area (Å²) in [5.74, 6) is 0. The van der Waals surface area contributed by atoms with Crippen LogP contribution in [0.4, 0.5) is 0 Å². The van der Waals surface area contributed by atoms with Gasteiger partial charge < -0.3 is 5.73 Å². The van der Waals surface area contributed by atoms with Gasteiger partial charge in [0.05, 0.1) is 5.02 Å². The number of hydrogen-bond donors (Lipinski definition) is 1. The Kier molecular flexibility index (Phi) is 7.13. The summed E-state index contributed by atoms with van der Waals surface area (Å²) in [6, 6.07) is 4.51. The smallest absolute Gasteiger partial charge is 0.244 e. The summed E-state index contributed by atoms with van der Waals surface area (Å²) in [4.78, 5) is 0.0799. The molecule has 0 saturated heterocycles. The maximum Gasteiger partial charge on any atom is 0.244 e. The third-order valence-corrected chi connectivity index (χ3v) is 5.96. The number of benzene rings is 1. The first-order valence-corrected chi connectivity index (χ1v) is 7.55. The van der Waals surface area contributed by atoms with Gasteiger partial charge >= 0.3 is 0 Å². The van der Waals surface area contributed by atoms with Crippen LogP contribution in [0.3, 0.4) is 0 Å². The third kappa shape index (κ3) is 3.59. The highest BCUT2D eigenvalue weighted by Gasteiger charge is 2.27. The van der Waals surface area contributed by atoms with Crippen molar-refractivity contribution in [3.63, 3.8) is 0 Å². The molecule has 0 radical (unpaired) electrons. The average molecular weight is 378 g/mol. The van der Waals surface area contributed by atoms with E-state index < -0.39 is 10.0 Å². The molecule has 0 aliphatic rings. The summed E-state index contributed by atoms with van der Waals surface area (Å²) in [6.45, 7) is 1.99. The highest BCUT2D eigenvalue weighted by molar-refractivity contribution is 9.10. The largest absolute Gasteiger partial charge is 0.329 e. The molecular formula is C10H15BrCl2N2O2S. The monoisotopic (exact) mass is 376 g/mol. The normalized spacial score (nSPS) is 13.2. The zero-order valence-corrected chi connectivity index (χ0v) is 13.9. The van der Waals surface area contributed by atoms with Gasteiger partial charge in [0.15, 0.2) is 0 Å². The number of hydrogen-bond acceptors (Lipinski definition) is 3. The topological polar surface area (TPSA) is 63.4 Å². The minimum Gasteiger partial charge on any atom is -0.329 e. The Balaban J connectivity index is 0.00000289. The third-order valence-electron chi connectivity index (χ3n) is 2.54. The van der Waals surface area contributed by atoms with Gasteiger partial charge in [-0.2, -0.15) is 4.31 Å². The molecular weight excluding hydrogens is 363 g/mol. The van der Waals surface area contributed by atoms with Crippen LogP contribution >= 0.6 is 39.9 Å². The van der Waals surface area contributed by atoms with Crippen LogP contribution in [-0.4, -0.2) is 32.4 Å². The fraction of sp³-hybridized carbons (Fsp3) is 0.400. The van der Waals surface area contributed by atoms with E-state index >= 15 is 0 Å². The molecule has 18 heavy (non-hydrogen) atoms. The summed E-state index contributed by atoms with van der Waals surface area (Å²) >= 11 is 9.19. The molecule has 2 N–H and O–H groups in total. The van der Waals surface area contributed by atoms with Crippen molar-refractivity contribution in [1.82, 2.24) is 4.31 Å². The van der Waals surface area contributed by atoms with Crippen molar-refractivity contribution in [3.8, 4) is 0 Å². The van der Waals surface area contributed by atoms with E-state index in [2.05, 4.69) is 15.9 Å². The van der Waals surface area contributed by atoms with Gasteiger partial charge in [0.1, 0.15) is 4.90 Å². The van der Waals surface area contributed by atoms with Crippen molar-refractivity contribution in [2.75, 3.05) is 13.6 Å². The number of sulfonamides is 1. The molecule has 0 aliphatic heterocycles. The van der Waals surface area contributed by atoms with Gasteiger partial charge in [-0.1, -0.05) is 17.7 Å². The summed E-state index contributed by atoms with van der Waals surface area (Å²) in [5.41, 5.74) is 5.47. The van der Waals surface area contributed by atoms with Gasteiger partial charge in [0.25, 0.3) is 0 Å². The first kappa shape index (κ1) is 18.1. The number of nitrogens with two attached hydrogens (primary N) is 1. The first-order chi connectivity index (χ1) is 7.82. The van der Waals surface area contributed by atoms with E-state index in [4.69, 9.17) is 17.3 Å². The van der Waals surface area contributed by atoms with Crippen molar-refractivity contribution in [2.24, 2.45) is 5.73 Å². The highest BCUT2D eigenvalue weighted by atomic mass is 79.9. The summed E-state index contributed by atoms with van der Waals surface area (Å²) in [7, 11) is -2.12. The van der Waals surface area contributed by atoms with Crippen LogP contribution in [0.5, 0.6) is 0 Å². The van der Waals surface area contributed by atoms with Gasteiger partial charge in [-0.3, -0.25) is 0 Å². The lowest BCUT2D eigenvalue weighted by atomic mass is 10.4. The Morgan fingerprint density at radius 2 is 2.06 bits per heavy atom. The maximum absolute atomic E-state index is 12.3. The van der Waals surface area contributed by atoms with Gasteiger partial charge in [-0.05, 0) is 35.0 Å². The number of halogens is 3. The van der Waals surface area contributed by atoms with E-state index in [0.717, 1.165) is 0 Å². The standard InChI is InChI=1S/C10H14BrClN2O2S.ClH/c1-7(6-13)14(2)17(15,16)9-5-3-4-8(11)10(9)12;/h3-5,7H,6,13H2,1-2H3;1H. The molecule has 0 aliphatic carbocycles. The maximum atomic E-state index is 12.3. The Labute approximate surface area is 127 Å². The van der Waals surface area contributed by atoms with Crippen LogP contribution in [0.15, 0.2) is 27.6 Å². The molecule has 0 bridgehead atoms. The van der Waals surface area contributed by atoms with E-state index in [1.165, 1.54) is 17.4 Å². The zero-order chi connectivity index (χ0) is 13.2. The van der Waals surface area contributed by atoms with Crippen LogP contribution in [0.1, 0.15) is 6.92 Å². The number of rotatable bonds is 4. The van der Waals surface area contributed by atoms with Crippen molar-refractivity contribution in [3.05, 3.63) is 27.7 Å². The highest BCUT2D eigenvalue weighted by Crippen LogP contribution is 2.31. The summed E-state index contributed by atoms with van der Waals surface area (Å²) in [5, 5.41) is 0.184. The minimum atomic E-state index is -3.61. The molecule has 0 spiro atoms. The molecule has 1 aromatic rings. The molecule has 8 heteroatoms. The predicted octanol–water partition coefficient (Wildman–Crippen LogP) is 2.49. The quantitative estimate of drug-likeness (QED) is 0.876. The molecule has 4 nitrogen and oxygen atoms in total. The molecule has 1 aromatic carbocycles. The molecule has 0 heterocycles. The molecule has 0 saturated carbocycles. The fourth-order valence-electron chi connectivity index (χ4n) is 1.22. The number of likely N-dealkylation sites (N-methyl/N-ethyl adjacent to an activating group) is 1. The van der Waals surface area contributed by atoms with E-state index in [0.29, 0.717) is 4.47 Å². The van der Waals surface area contributed by atoms with Gasteiger partial charge in [-0.15, -0.1) is 12.4 Å². The Hall–Kier alpha value is 0.150. The van der Waals surface area contributed by atoms with Crippen molar-refractivity contribution in [1.29, 1.82) is 0 Å². The Bertz CT molecular complexity index is 511. The second kappa shape index (κ2) is 7.07. The van der Waals surface area contributed by atoms with Gasteiger partial charge in [-0.25, -0.2) is 8.42 Å². The average Bonchev–Trinajstić information content (AvgIpc) is 2.30. The lowest BCUT2D eigenvalue weighted by Crippen LogP contribution is -2.39. The SMILES string of the molecule is CC(CN)N(C)S(=O)(=O)c1cccc(Br)c1Cl.Cl. The van der Waals surface area contributed by atoms with E-state index in [-0.39, 0.29) is 34.9 Å².